The summed E-state index contributed by atoms with van der Waals surface area (Å²) < 4.78 is 1.12. The van der Waals surface area contributed by atoms with Crippen LogP contribution in [0.4, 0.5) is 0 Å². The van der Waals surface area contributed by atoms with Crippen LogP contribution in [0.3, 0.4) is 0 Å². The maximum Gasteiger partial charge on any atom is 0.0780 e. The van der Waals surface area contributed by atoms with Gasteiger partial charge in [0, 0.05) is 0 Å². The highest BCUT2D eigenvalue weighted by molar-refractivity contribution is 4.52. The first-order chi connectivity index (χ1) is 17.6. The molecule has 0 amide bonds. The van der Waals surface area contributed by atoms with Crippen molar-refractivity contribution in [1.29, 1.82) is 0 Å². The maximum absolute atomic E-state index is 2.31. The highest BCUT2D eigenvalue weighted by atomic mass is 35.5. The lowest BCUT2D eigenvalue weighted by atomic mass is 10.0. The zero-order valence-corrected chi connectivity index (χ0v) is 27.5. The Morgan fingerprint density at radius 2 is 0.432 bits per heavy atom. The summed E-state index contributed by atoms with van der Waals surface area (Å²) in [5, 5.41) is 0. The number of rotatable bonds is 31. The Bertz CT molecular complexity index is 389. The molecule has 0 aromatic heterocycles. The minimum Gasteiger partial charge on any atom is -1.00 e. The second-order valence-electron chi connectivity index (χ2n) is 13.3. The minimum atomic E-state index is 0. The van der Waals surface area contributed by atoms with E-state index in [0.717, 1.165) is 4.48 Å². The smallest absolute Gasteiger partial charge is 0.0780 e. The van der Waals surface area contributed by atoms with Gasteiger partial charge in [0.15, 0.2) is 0 Å². The van der Waals surface area contributed by atoms with Crippen LogP contribution < -0.4 is 12.4 Å². The third-order valence-corrected chi connectivity index (χ3v) is 8.18. The predicted molar refractivity (Wildman–Crippen MR) is 167 cm³/mol. The second-order valence-corrected chi connectivity index (χ2v) is 13.3. The van der Waals surface area contributed by atoms with Crippen LogP contribution in [0.15, 0.2) is 0 Å². The van der Waals surface area contributed by atoms with Crippen molar-refractivity contribution in [2.24, 2.45) is 0 Å². The van der Waals surface area contributed by atoms with E-state index in [1.165, 1.54) is 199 Å². The van der Waals surface area contributed by atoms with Gasteiger partial charge >= 0.3 is 0 Å². The van der Waals surface area contributed by atoms with E-state index in [0.29, 0.717) is 0 Å². The molecular weight excluding hydrogens is 470 g/mol. The molecule has 0 unspecified atom stereocenters. The zero-order chi connectivity index (χ0) is 26.4. The monoisotopic (exact) mass is 544 g/mol. The molecule has 0 N–H and O–H groups in total. The fourth-order valence-electron chi connectivity index (χ4n) is 5.61. The van der Waals surface area contributed by atoms with Gasteiger partial charge in [-0.15, -0.1) is 0 Å². The Morgan fingerprint density at radius 1 is 0.270 bits per heavy atom. The Labute approximate surface area is 243 Å². The number of nitrogens with zero attached hydrogens (tertiary/aromatic N) is 1. The number of hydrogen-bond donors (Lipinski definition) is 0. The van der Waals surface area contributed by atoms with Crippen LogP contribution >= 0.6 is 0 Å². The molecule has 0 aromatic rings. The van der Waals surface area contributed by atoms with Crippen LogP contribution in [0.1, 0.15) is 200 Å². The van der Waals surface area contributed by atoms with Crippen molar-refractivity contribution in [3.05, 3.63) is 0 Å². The summed E-state index contributed by atoms with van der Waals surface area (Å²) in [4.78, 5) is 0. The van der Waals surface area contributed by atoms with Crippen molar-refractivity contribution < 1.29 is 16.9 Å². The normalized spacial score (nSPS) is 11.7. The van der Waals surface area contributed by atoms with Gasteiger partial charge in [-0.25, -0.2) is 0 Å². The molecule has 0 aliphatic heterocycles. The first-order valence-corrected chi connectivity index (χ1v) is 17.4. The average molecular weight is 544 g/mol. The molecule has 37 heavy (non-hydrogen) atoms. The molecule has 0 rings (SSSR count). The lowest BCUT2D eigenvalue weighted by Gasteiger charge is -2.23. The zero-order valence-electron chi connectivity index (χ0n) is 26.7. The fourth-order valence-corrected chi connectivity index (χ4v) is 5.61. The Kier molecular flexibility index (Phi) is 34.6. The first-order valence-electron chi connectivity index (χ1n) is 17.4. The molecular formula is C35H74ClN. The molecule has 1 nitrogen and oxygen atoms in total. The van der Waals surface area contributed by atoms with E-state index < -0.39 is 0 Å². The highest BCUT2D eigenvalue weighted by Gasteiger charge is 2.05. The van der Waals surface area contributed by atoms with Gasteiger partial charge in [-0.3, -0.25) is 0 Å². The molecule has 0 fully saturated rings. The SMILES string of the molecule is CCCCCCCCCCCCCCCCCCCCCCCCCCCCCCCC[N+](C)(C)C.[Cl-]. The molecule has 0 aliphatic rings. The van der Waals surface area contributed by atoms with Crippen molar-refractivity contribution in [3.8, 4) is 0 Å². The molecule has 0 atom stereocenters. The largest absolute Gasteiger partial charge is 1.00 e. The van der Waals surface area contributed by atoms with E-state index in [2.05, 4.69) is 28.1 Å². The van der Waals surface area contributed by atoms with Gasteiger partial charge in [0.1, 0.15) is 0 Å². The number of hydrogen-bond acceptors (Lipinski definition) is 0. The molecule has 0 saturated carbocycles. The summed E-state index contributed by atoms with van der Waals surface area (Å²) in [7, 11) is 6.92. The standard InChI is InChI=1S/C35H74N.ClH/c1-5-6-7-8-9-10-11-12-13-14-15-16-17-18-19-20-21-22-23-24-25-26-27-28-29-30-31-32-33-34-35-36(2,3)4;/h5-35H2,1-4H3;1H/q+1;/p-1. The van der Waals surface area contributed by atoms with Crippen LogP contribution in [0.2, 0.25) is 0 Å². The van der Waals surface area contributed by atoms with E-state index in [9.17, 15) is 0 Å². The van der Waals surface area contributed by atoms with Crippen molar-refractivity contribution in [2.75, 3.05) is 27.7 Å². The van der Waals surface area contributed by atoms with Gasteiger partial charge in [-0.05, 0) is 12.8 Å². The van der Waals surface area contributed by atoms with Crippen LogP contribution in [-0.2, 0) is 0 Å². The van der Waals surface area contributed by atoms with Crippen LogP contribution in [-0.4, -0.2) is 32.2 Å². The van der Waals surface area contributed by atoms with E-state index in [-0.39, 0.29) is 12.4 Å². The average Bonchev–Trinajstić information content (AvgIpc) is 2.84. The molecule has 2 heteroatoms. The molecule has 0 aromatic carbocycles. The third-order valence-electron chi connectivity index (χ3n) is 8.18. The summed E-state index contributed by atoms with van der Waals surface area (Å²) in [6, 6.07) is 0. The molecule has 0 radical (unpaired) electrons. The minimum absolute atomic E-state index is 0. The predicted octanol–water partition coefficient (Wildman–Crippen LogP) is 9.42. The summed E-state index contributed by atoms with van der Waals surface area (Å²) in [5.74, 6) is 0. The first kappa shape index (κ1) is 39.4. The Morgan fingerprint density at radius 3 is 0.595 bits per heavy atom. The summed E-state index contributed by atoms with van der Waals surface area (Å²) >= 11 is 0. The van der Waals surface area contributed by atoms with Gasteiger partial charge in [0.2, 0.25) is 0 Å². The van der Waals surface area contributed by atoms with Gasteiger partial charge < -0.3 is 16.9 Å². The Hall–Kier alpha value is 0.250. The van der Waals surface area contributed by atoms with Gasteiger partial charge in [0.25, 0.3) is 0 Å². The maximum atomic E-state index is 2.31. The van der Waals surface area contributed by atoms with E-state index in [1.807, 2.05) is 0 Å². The molecule has 0 bridgehead atoms. The van der Waals surface area contributed by atoms with Crippen molar-refractivity contribution >= 4 is 0 Å². The fraction of sp³-hybridized carbons (Fsp3) is 1.00. The lowest BCUT2D eigenvalue weighted by molar-refractivity contribution is -0.870. The van der Waals surface area contributed by atoms with Crippen molar-refractivity contribution in [3.63, 3.8) is 0 Å². The van der Waals surface area contributed by atoms with Crippen molar-refractivity contribution in [1.82, 2.24) is 0 Å². The van der Waals surface area contributed by atoms with E-state index in [1.54, 1.807) is 0 Å². The van der Waals surface area contributed by atoms with E-state index in [4.69, 9.17) is 0 Å². The second kappa shape index (κ2) is 32.5. The van der Waals surface area contributed by atoms with Crippen molar-refractivity contribution in [2.45, 2.75) is 200 Å². The molecule has 226 valence electrons. The van der Waals surface area contributed by atoms with Crippen LogP contribution in [0.5, 0.6) is 0 Å². The molecule has 0 heterocycles. The topological polar surface area (TPSA) is 0 Å². The van der Waals surface area contributed by atoms with E-state index >= 15 is 0 Å². The van der Waals surface area contributed by atoms with Gasteiger partial charge in [0.05, 0.1) is 27.7 Å². The summed E-state index contributed by atoms with van der Waals surface area (Å²) in [5.41, 5.74) is 0. The third kappa shape index (κ3) is 38.5. The van der Waals surface area contributed by atoms with Crippen LogP contribution in [0.25, 0.3) is 0 Å². The number of halogens is 1. The molecule has 0 aliphatic carbocycles. The number of unbranched alkanes of at least 4 members (excludes halogenated alkanes) is 29. The van der Waals surface area contributed by atoms with Gasteiger partial charge in [-0.2, -0.15) is 0 Å². The Balaban J connectivity index is 0. The molecule has 0 spiro atoms. The highest BCUT2D eigenvalue weighted by Crippen LogP contribution is 2.16. The quantitative estimate of drug-likeness (QED) is 0.0603. The molecule has 0 saturated heterocycles. The van der Waals surface area contributed by atoms with Crippen LogP contribution in [0, 0.1) is 0 Å². The van der Waals surface area contributed by atoms with Gasteiger partial charge in [-0.1, -0.05) is 187 Å². The number of quaternary nitrogens is 1. The summed E-state index contributed by atoms with van der Waals surface area (Å²) in [6.07, 6.45) is 44.3. The lowest BCUT2D eigenvalue weighted by Crippen LogP contribution is -3.00. The summed E-state index contributed by atoms with van der Waals surface area (Å²) in [6.45, 7) is 3.64.